The van der Waals surface area contributed by atoms with Gasteiger partial charge in [0.1, 0.15) is 0 Å². The van der Waals surface area contributed by atoms with Gasteiger partial charge < -0.3 is 15.8 Å². The highest BCUT2D eigenvalue weighted by Gasteiger charge is 2.32. The normalized spacial score (nSPS) is 21.7. The molecule has 0 saturated carbocycles. The molecule has 0 spiro atoms. The summed E-state index contributed by atoms with van der Waals surface area (Å²) in [7, 11) is -3.48. The number of sulfonamides is 1. The highest BCUT2D eigenvalue weighted by molar-refractivity contribution is 7.89. The molecule has 0 aromatic heterocycles. The second-order valence-corrected chi connectivity index (χ2v) is 9.41. The largest absolute Gasteiger partial charge is 0.381 e. The fraction of sp³-hybridized carbons (Fsp3) is 0.632. The molecule has 1 atom stereocenters. The first-order chi connectivity index (χ1) is 12.9. The van der Waals surface area contributed by atoms with Crippen LogP contribution in [0.1, 0.15) is 31.2 Å². The average molecular weight is 396 g/mol. The van der Waals surface area contributed by atoms with Gasteiger partial charge in [0.05, 0.1) is 10.9 Å². The molecule has 2 aliphatic heterocycles. The lowest BCUT2D eigenvalue weighted by Crippen LogP contribution is -2.53. The first kappa shape index (κ1) is 20.3. The molecule has 1 aromatic rings. The maximum atomic E-state index is 12.7. The monoisotopic (exact) mass is 395 g/mol. The van der Waals surface area contributed by atoms with Crippen LogP contribution in [0.2, 0.25) is 0 Å². The molecule has 0 bridgehead atoms. The minimum absolute atomic E-state index is 0.0344. The number of rotatable bonds is 5. The lowest BCUT2D eigenvalue weighted by atomic mass is 9.91. The fourth-order valence-corrected chi connectivity index (χ4v) is 5.16. The molecule has 3 rings (SSSR count). The van der Waals surface area contributed by atoms with E-state index in [4.69, 9.17) is 10.5 Å². The van der Waals surface area contributed by atoms with Crippen LogP contribution < -0.4 is 11.1 Å². The van der Waals surface area contributed by atoms with Crippen LogP contribution in [0, 0.1) is 12.8 Å². The molecule has 2 fully saturated rings. The second kappa shape index (κ2) is 8.68. The summed E-state index contributed by atoms with van der Waals surface area (Å²) in [5, 5.41) is 3.01. The van der Waals surface area contributed by atoms with E-state index in [1.165, 1.54) is 4.31 Å². The number of carbonyl (C=O) groups excluding carboxylic acids is 1. The molecule has 0 aliphatic carbocycles. The zero-order valence-electron chi connectivity index (χ0n) is 15.8. The summed E-state index contributed by atoms with van der Waals surface area (Å²) in [5.41, 5.74) is 7.14. The van der Waals surface area contributed by atoms with Gasteiger partial charge in [0.15, 0.2) is 0 Å². The van der Waals surface area contributed by atoms with Crippen molar-refractivity contribution in [3.05, 3.63) is 29.8 Å². The van der Waals surface area contributed by atoms with Crippen LogP contribution >= 0.6 is 0 Å². The number of nitrogens with zero attached hydrogens (tertiary/aromatic N) is 1. The predicted molar refractivity (Wildman–Crippen MR) is 103 cm³/mol. The number of nitrogens with two attached hydrogens (primary N) is 1. The molecule has 0 radical (unpaired) electrons. The van der Waals surface area contributed by atoms with E-state index in [0.717, 1.165) is 18.4 Å². The van der Waals surface area contributed by atoms with Gasteiger partial charge in [-0.15, -0.1) is 0 Å². The van der Waals surface area contributed by atoms with Crippen molar-refractivity contribution < 1.29 is 17.9 Å². The standard InChI is InChI=1S/C19H29N3O4S/c1-14-2-4-17(5-3-14)27(24,25)22-10-6-16(7-11-22)21-19(23)18(20)15-8-12-26-13-9-15/h2-5,15-16,18H,6-13,20H2,1H3,(H,21,23). The van der Waals surface area contributed by atoms with Gasteiger partial charge >= 0.3 is 0 Å². The highest BCUT2D eigenvalue weighted by atomic mass is 32.2. The Morgan fingerprint density at radius 1 is 1.15 bits per heavy atom. The number of carbonyl (C=O) groups is 1. The Morgan fingerprint density at radius 3 is 2.33 bits per heavy atom. The lowest BCUT2D eigenvalue weighted by Gasteiger charge is -2.33. The Morgan fingerprint density at radius 2 is 1.74 bits per heavy atom. The third kappa shape index (κ3) is 4.87. The summed E-state index contributed by atoms with van der Waals surface area (Å²) in [6, 6.07) is 6.34. The Hall–Kier alpha value is -1.48. The summed E-state index contributed by atoms with van der Waals surface area (Å²) in [6.07, 6.45) is 2.80. The van der Waals surface area contributed by atoms with Gasteiger partial charge in [-0.3, -0.25) is 4.79 Å². The third-order valence-electron chi connectivity index (χ3n) is 5.54. The van der Waals surface area contributed by atoms with E-state index in [0.29, 0.717) is 44.0 Å². The Balaban J connectivity index is 1.52. The molecule has 2 saturated heterocycles. The first-order valence-electron chi connectivity index (χ1n) is 9.58. The van der Waals surface area contributed by atoms with E-state index in [-0.39, 0.29) is 17.9 Å². The number of aryl methyl sites for hydroxylation is 1. The first-order valence-corrected chi connectivity index (χ1v) is 11.0. The summed E-state index contributed by atoms with van der Waals surface area (Å²) in [5.74, 6) is 0.0162. The average Bonchev–Trinajstić information content (AvgIpc) is 2.69. The Kier molecular flexibility index (Phi) is 6.52. The van der Waals surface area contributed by atoms with Gasteiger partial charge in [0.2, 0.25) is 15.9 Å². The van der Waals surface area contributed by atoms with E-state index in [1.54, 1.807) is 24.3 Å². The summed E-state index contributed by atoms with van der Waals surface area (Å²) >= 11 is 0. The molecular formula is C19H29N3O4S. The molecule has 3 N–H and O–H groups in total. The van der Waals surface area contributed by atoms with Crippen LogP contribution in [0.25, 0.3) is 0 Å². The van der Waals surface area contributed by atoms with E-state index in [9.17, 15) is 13.2 Å². The Bertz CT molecular complexity index is 737. The second-order valence-electron chi connectivity index (χ2n) is 7.48. The topological polar surface area (TPSA) is 102 Å². The molecule has 1 amide bonds. The maximum absolute atomic E-state index is 12.7. The van der Waals surface area contributed by atoms with Gasteiger partial charge in [0.25, 0.3) is 0 Å². The van der Waals surface area contributed by atoms with Crippen LogP contribution in [0.5, 0.6) is 0 Å². The molecule has 1 unspecified atom stereocenters. The van der Waals surface area contributed by atoms with Crippen molar-refractivity contribution in [3.8, 4) is 0 Å². The van der Waals surface area contributed by atoms with Crippen LogP contribution in [0.15, 0.2) is 29.2 Å². The summed E-state index contributed by atoms with van der Waals surface area (Å²) in [4.78, 5) is 12.8. The zero-order valence-corrected chi connectivity index (χ0v) is 16.6. The van der Waals surface area contributed by atoms with Gasteiger partial charge in [-0.2, -0.15) is 4.31 Å². The SMILES string of the molecule is Cc1ccc(S(=O)(=O)N2CCC(NC(=O)C(N)C3CCOCC3)CC2)cc1. The fourth-order valence-electron chi connectivity index (χ4n) is 3.69. The minimum Gasteiger partial charge on any atom is -0.381 e. The molecule has 150 valence electrons. The van der Waals surface area contributed by atoms with Crippen LogP contribution in [-0.2, 0) is 19.6 Å². The molecule has 1 aromatic carbocycles. The van der Waals surface area contributed by atoms with Crippen molar-refractivity contribution >= 4 is 15.9 Å². The number of nitrogens with one attached hydrogen (secondary N) is 1. The third-order valence-corrected chi connectivity index (χ3v) is 7.45. The van der Waals surface area contributed by atoms with Gasteiger partial charge in [-0.1, -0.05) is 17.7 Å². The van der Waals surface area contributed by atoms with Gasteiger partial charge in [0, 0.05) is 32.3 Å². The van der Waals surface area contributed by atoms with Crippen LogP contribution in [0.3, 0.4) is 0 Å². The van der Waals surface area contributed by atoms with Crippen molar-refractivity contribution in [1.82, 2.24) is 9.62 Å². The number of benzene rings is 1. The maximum Gasteiger partial charge on any atom is 0.243 e. The number of hydrogen-bond acceptors (Lipinski definition) is 5. The number of amides is 1. The van der Waals surface area contributed by atoms with Crippen molar-refractivity contribution in [3.63, 3.8) is 0 Å². The number of hydrogen-bond donors (Lipinski definition) is 2. The van der Waals surface area contributed by atoms with E-state index >= 15 is 0 Å². The van der Waals surface area contributed by atoms with Crippen molar-refractivity contribution in [2.75, 3.05) is 26.3 Å². The number of piperidine rings is 1. The van der Waals surface area contributed by atoms with Crippen molar-refractivity contribution in [1.29, 1.82) is 0 Å². The van der Waals surface area contributed by atoms with Crippen molar-refractivity contribution in [2.24, 2.45) is 11.7 Å². The summed E-state index contributed by atoms with van der Waals surface area (Å²) < 4.78 is 32.3. The Labute approximate surface area is 161 Å². The van der Waals surface area contributed by atoms with E-state index in [1.807, 2.05) is 6.92 Å². The molecule has 2 heterocycles. The smallest absolute Gasteiger partial charge is 0.243 e. The summed E-state index contributed by atoms with van der Waals surface area (Å²) in [6.45, 7) is 4.03. The molecule has 8 heteroatoms. The molecule has 2 aliphatic rings. The quantitative estimate of drug-likeness (QED) is 0.775. The predicted octanol–water partition coefficient (Wildman–Crippen LogP) is 1.02. The lowest BCUT2D eigenvalue weighted by molar-refractivity contribution is -0.125. The number of ether oxygens (including phenoxy) is 1. The van der Waals surface area contributed by atoms with Gasteiger partial charge in [-0.25, -0.2) is 8.42 Å². The molecule has 7 nitrogen and oxygen atoms in total. The molecular weight excluding hydrogens is 366 g/mol. The van der Waals surface area contributed by atoms with Crippen molar-refractivity contribution in [2.45, 2.75) is 49.6 Å². The van der Waals surface area contributed by atoms with Crippen LogP contribution in [-0.4, -0.2) is 57.0 Å². The van der Waals surface area contributed by atoms with E-state index in [2.05, 4.69) is 5.32 Å². The van der Waals surface area contributed by atoms with Gasteiger partial charge in [-0.05, 0) is 50.7 Å². The van der Waals surface area contributed by atoms with Crippen LogP contribution in [0.4, 0.5) is 0 Å². The molecule has 27 heavy (non-hydrogen) atoms. The minimum atomic E-state index is -3.48. The highest BCUT2D eigenvalue weighted by Crippen LogP contribution is 2.22. The van der Waals surface area contributed by atoms with E-state index < -0.39 is 16.1 Å². The zero-order chi connectivity index (χ0) is 19.4.